The maximum atomic E-state index is 13.0. The van der Waals surface area contributed by atoms with Crippen molar-refractivity contribution in [2.75, 3.05) is 6.61 Å². The molecule has 0 fully saturated rings. The van der Waals surface area contributed by atoms with Crippen LogP contribution in [-0.4, -0.2) is 41.3 Å². The number of carboxylic acids is 1. The highest BCUT2D eigenvalue weighted by Gasteiger charge is 2.38. The second-order valence-electron chi connectivity index (χ2n) is 9.24. The Morgan fingerprint density at radius 2 is 1.50 bits per heavy atom. The second kappa shape index (κ2) is 10.7. The molecule has 7 nitrogen and oxygen atoms in total. The van der Waals surface area contributed by atoms with Crippen molar-refractivity contribution in [2.24, 2.45) is 5.92 Å². The number of ether oxygens (including phenoxy) is 1. The molecule has 2 amide bonds. The molecule has 1 atom stereocenters. The normalized spacial score (nSPS) is 13.7. The van der Waals surface area contributed by atoms with Gasteiger partial charge in [-0.3, -0.25) is 4.79 Å². The minimum atomic E-state index is -1.37. The summed E-state index contributed by atoms with van der Waals surface area (Å²) in [5.41, 5.74) is 3.10. The van der Waals surface area contributed by atoms with Gasteiger partial charge < -0.3 is 20.5 Å². The van der Waals surface area contributed by atoms with Gasteiger partial charge in [0, 0.05) is 5.92 Å². The third-order valence-electron chi connectivity index (χ3n) is 6.64. The number of fused-ring (bicyclic) bond motifs is 3. The predicted molar refractivity (Wildman–Crippen MR) is 131 cm³/mol. The summed E-state index contributed by atoms with van der Waals surface area (Å²) in [6.45, 7) is 7.44. The third-order valence-corrected chi connectivity index (χ3v) is 6.64. The Kier molecular flexibility index (Phi) is 7.97. The summed E-state index contributed by atoms with van der Waals surface area (Å²) in [4.78, 5) is 37.5. The summed E-state index contributed by atoms with van der Waals surface area (Å²) < 4.78 is 5.59. The smallest absolute Gasteiger partial charge is 0.407 e. The van der Waals surface area contributed by atoms with Gasteiger partial charge in [-0.05, 0) is 47.4 Å². The van der Waals surface area contributed by atoms with E-state index >= 15 is 0 Å². The Hall–Kier alpha value is -3.35. The van der Waals surface area contributed by atoms with E-state index in [1.54, 1.807) is 13.8 Å². The molecule has 1 aliphatic rings. The summed E-state index contributed by atoms with van der Waals surface area (Å²) in [7, 11) is 0. The minimum Gasteiger partial charge on any atom is -0.480 e. The van der Waals surface area contributed by atoms with Crippen molar-refractivity contribution < 1.29 is 24.2 Å². The van der Waals surface area contributed by atoms with Gasteiger partial charge in [-0.15, -0.1) is 0 Å². The third kappa shape index (κ3) is 5.24. The molecule has 34 heavy (non-hydrogen) atoms. The van der Waals surface area contributed by atoms with E-state index in [4.69, 9.17) is 4.74 Å². The highest BCUT2D eigenvalue weighted by atomic mass is 16.5. The Morgan fingerprint density at radius 3 is 1.97 bits per heavy atom. The number of hydrogen-bond donors (Lipinski definition) is 3. The van der Waals surface area contributed by atoms with Crippen LogP contribution in [0, 0.1) is 5.92 Å². The molecule has 0 aliphatic heterocycles. The number of carboxylic acid groups (broad SMARTS) is 1. The van der Waals surface area contributed by atoms with Gasteiger partial charge >= 0.3 is 12.1 Å². The lowest BCUT2D eigenvalue weighted by Gasteiger charge is -2.30. The molecular weight excluding hydrogens is 432 g/mol. The molecule has 0 saturated carbocycles. The van der Waals surface area contributed by atoms with Crippen LogP contribution in [0.3, 0.4) is 0 Å². The molecular formula is C27H34N2O5. The van der Waals surface area contributed by atoms with E-state index in [-0.39, 0.29) is 31.3 Å². The molecule has 7 heteroatoms. The molecule has 2 aromatic rings. The number of alkyl carbamates (subject to hydrolysis) is 1. The van der Waals surface area contributed by atoms with Crippen LogP contribution in [0.2, 0.25) is 0 Å². The van der Waals surface area contributed by atoms with Gasteiger partial charge in [0.15, 0.2) is 0 Å². The number of carbonyl (C=O) groups is 3. The SMILES string of the molecule is CCC(CC)(NC(=O)[C@H](CC(C)C)NC(=O)OCC1c2ccccc2-c2ccccc21)C(=O)O. The van der Waals surface area contributed by atoms with Crippen LogP contribution in [0.4, 0.5) is 4.79 Å². The van der Waals surface area contributed by atoms with Crippen LogP contribution in [-0.2, 0) is 14.3 Å². The summed E-state index contributed by atoms with van der Waals surface area (Å²) in [6.07, 6.45) is 0.143. The lowest BCUT2D eigenvalue weighted by molar-refractivity contribution is -0.148. The molecule has 0 unspecified atom stereocenters. The molecule has 0 saturated heterocycles. The minimum absolute atomic E-state index is 0.0876. The van der Waals surface area contributed by atoms with E-state index in [0.29, 0.717) is 6.42 Å². The van der Waals surface area contributed by atoms with Gasteiger partial charge in [0.2, 0.25) is 5.91 Å². The number of carbonyl (C=O) groups excluding carboxylic acids is 2. The van der Waals surface area contributed by atoms with Crippen molar-refractivity contribution in [3.63, 3.8) is 0 Å². The first-order chi connectivity index (χ1) is 16.2. The van der Waals surface area contributed by atoms with Crippen LogP contribution in [0.5, 0.6) is 0 Å². The average Bonchev–Trinajstić information content (AvgIpc) is 3.14. The van der Waals surface area contributed by atoms with Gasteiger partial charge in [-0.1, -0.05) is 76.2 Å². The second-order valence-corrected chi connectivity index (χ2v) is 9.24. The molecule has 2 aromatic carbocycles. The van der Waals surface area contributed by atoms with Crippen LogP contribution < -0.4 is 10.6 Å². The number of rotatable bonds is 10. The maximum absolute atomic E-state index is 13.0. The summed E-state index contributed by atoms with van der Waals surface area (Å²) >= 11 is 0. The van der Waals surface area contributed by atoms with Crippen molar-refractivity contribution in [1.82, 2.24) is 10.6 Å². The number of hydrogen-bond acceptors (Lipinski definition) is 4. The Morgan fingerprint density at radius 1 is 0.971 bits per heavy atom. The van der Waals surface area contributed by atoms with E-state index in [2.05, 4.69) is 22.8 Å². The summed E-state index contributed by atoms with van der Waals surface area (Å²) in [5, 5.41) is 15.0. The van der Waals surface area contributed by atoms with Gasteiger partial charge in [-0.2, -0.15) is 0 Å². The number of nitrogens with one attached hydrogen (secondary N) is 2. The van der Waals surface area contributed by atoms with Crippen molar-refractivity contribution in [1.29, 1.82) is 0 Å². The van der Waals surface area contributed by atoms with Crippen molar-refractivity contribution in [3.05, 3.63) is 59.7 Å². The quantitative estimate of drug-likeness (QED) is 0.471. The van der Waals surface area contributed by atoms with E-state index in [1.165, 1.54) is 0 Å². The lowest BCUT2D eigenvalue weighted by Crippen LogP contribution is -2.59. The fourth-order valence-corrected chi connectivity index (χ4v) is 4.59. The Bertz CT molecular complexity index is 999. The topological polar surface area (TPSA) is 105 Å². The van der Waals surface area contributed by atoms with Gasteiger partial charge in [0.1, 0.15) is 18.2 Å². The number of aliphatic carboxylic acids is 1. The first-order valence-electron chi connectivity index (χ1n) is 11.9. The summed E-state index contributed by atoms with van der Waals surface area (Å²) in [6, 6.07) is 15.2. The van der Waals surface area contributed by atoms with Crippen LogP contribution in [0.25, 0.3) is 11.1 Å². The lowest BCUT2D eigenvalue weighted by atomic mass is 9.92. The molecule has 0 spiro atoms. The Balaban J connectivity index is 1.70. The van der Waals surface area contributed by atoms with E-state index < -0.39 is 29.6 Å². The number of amides is 2. The van der Waals surface area contributed by atoms with Crippen molar-refractivity contribution >= 4 is 18.0 Å². The fourth-order valence-electron chi connectivity index (χ4n) is 4.59. The first kappa shape index (κ1) is 25.3. The van der Waals surface area contributed by atoms with Crippen LogP contribution in [0.15, 0.2) is 48.5 Å². The zero-order chi connectivity index (χ0) is 24.9. The molecule has 0 bridgehead atoms. The molecule has 182 valence electrons. The Labute approximate surface area is 200 Å². The molecule has 0 heterocycles. The van der Waals surface area contributed by atoms with E-state index in [0.717, 1.165) is 22.3 Å². The monoisotopic (exact) mass is 466 g/mol. The van der Waals surface area contributed by atoms with Gasteiger partial charge in [-0.25, -0.2) is 9.59 Å². The zero-order valence-corrected chi connectivity index (χ0v) is 20.3. The highest BCUT2D eigenvalue weighted by Crippen LogP contribution is 2.44. The first-order valence-corrected chi connectivity index (χ1v) is 11.9. The highest BCUT2D eigenvalue weighted by molar-refractivity contribution is 5.91. The molecule has 0 radical (unpaired) electrons. The molecule has 3 N–H and O–H groups in total. The van der Waals surface area contributed by atoms with Gasteiger partial charge in [0.25, 0.3) is 0 Å². The largest absolute Gasteiger partial charge is 0.480 e. The summed E-state index contributed by atoms with van der Waals surface area (Å²) in [5.74, 6) is -1.59. The average molecular weight is 467 g/mol. The molecule has 1 aliphatic carbocycles. The van der Waals surface area contributed by atoms with Gasteiger partial charge in [0.05, 0.1) is 0 Å². The van der Waals surface area contributed by atoms with E-state index in [9.17, 15) is 19.5 Å². The maximum Gasteiger partial charge on any atom is 0.407 e. The fraction of sp³-hybridized carbons (Fsp3) is 0.444. The predicted octanol–water partition coefficient (Wildman–Crippen LogP) is 4.70. The zero-order valence-electron chi connectivity index (χ0n) is 20.3. The standard InChI is InChI=1S/C27H34N2O5/c1-5-27(6-2,25(31)32)29-24(30)23(15-17(3)4)28-26(33)34-16-22-20-13-9-7-11-18(20)19-12-8-10-14-21(19)22/h7-14,17,22-23H,5-6,15-16H2,1-4H3,(H,28,33)(H,29,30)(H,31,32)/t23-/m0/s1. The number of benzene rings is 2. The van der Waals surface area contributed by atoms with Crippen LogP contribution >= 0.6 is 0 Å². The molecule has 3 rings (SSSR count). The molecule has 0 aromatic heterocycles. The van der Waals surface area contributed by atoms with E-state index in [1.807, 2.05) is 50.2 Å². The van der Waals surface area contributed by atoms with Crippen molar-refractivity contribution in [2.45, 2.75) is 64.5 Å². The van der Waals surface area contributed by atoms with Crippen LogP contribution in [0.1, 0.15) is 64.0 Å². The van der Waals surface area contributed by atoms with Crippen molar-refractivity contribution in [3.8, 4) is 11.1 Å².